The molecule has 0 saturated carbocycles. The molecular weight excluding hydrogens is 314 g/mol. The fourth-order valence-electron chi connectivity index (χ4n) is 1.15. The van der Waals surface area contributed by atoms with Crippen LogP contribution in [0.2, 0.25) is 5.02 Å². The van der Waals surface area contributed by atoms with E-state index in [2.05, 4.69) is 4.98 Å². The number of hydrogen-bond acceptors (Lipinski definition) is 3. The zero-order valence-corrected chi connectivity index (χ0v) is 11.2. The number of alkyl halides is 4. The highest BCUT2D eigenvalue weighted by Gasteiger charge is 2.32. The molecule has 0 amide bonds. The van der Waals surface area contributed by atoms with E-state index in [4.69, 9.17) is 23.2 Å². The SMILES string of the molecule is O=S(=O)(CCCCl)c1ncc(C(F)(F)F)cc1Cl. The second-order valence-electron chi connectivity index (χ2n) is 3.37. The molecule has 1 heterocycles. The maximum atomic E-state index is 12.3. The first-order chi connectivity index (χ1) is 8.18. The highest BCUT2D eigenvalue weighted by atomic mass is 35.5. The summed E-state index contributed by atoms with van der Waals surface area (Å²) in [7, 11) is -3.81. The van der Waals surface area contributed by atoms with Gasteiger partial charge in [0.15, 0.2) is 14.9 Å². The van der Waals surface area contributed by atoms with E-state index in [1.807, 2.05) is 0 Å². The smallest absolute Gasteiger partial charge is 0.243 e. The van der Waals surface area contributed by atoms with Crippen molar-refractivity contribution in [3.05, 3.63) is 22.8 Å². The lowest BCUT2D eigenvalue weighted by atomic mass is 10.3. The zero-order chi connectivity index (χ0) is 14.0. The Morgan fingerprint density at radius 2 is 1.94 bits per heavy atom. The number of pyridine rings is 1. The first kappa shape index (κ1) is 15.5. The van der Waals surface area contributed by atoms with Crippen LogP contribution in [0, 0.1) is 0 Å². The van der Waals surface area contributed by atoms with Crippen LogP contribution in [0.15, 0.2) is 17.3 Å². The molecule has 1 rings (SSSR count). The van der Waals surface area contributed by atoms with Gasteiger partial charge in [0.25, 0.3) is 0 Å². The molecule has 0 saturated heterocycles. The van der Waals surface area contributed by atoms with Crippen LogP contribution in [-0.4, -0.2) is 25.0 Å². The van der Waals surface area contributed by atoms with Crippen LogP contribution in [0.4, 0.5) is 13.2 Å². The highest BCUT2D eigenvalue weighted by Crippen LogP contribution is 2.32. The largest absolute Gasteiger partial charge is 0.417 e. The molecular formula is C9H8Cl2F3NO2S. The maximum absolute atomic E-state index is 12.3. The van der Waals surface area contributed by atoms with Crippen LogP contribution in [0.3, 0.4) is 0 Å². The molecule has 0 aliphatic heterocycles. The topological polar surface area (TPSA) is 47.0 Å². The maximum Gasteiger partial charge on any atom is 0.417 e. The summed E-state index contributed by atoms with van der Waals surface area (Å²) in [5, 5.41) is -1.10. The standard InChI is InChI=1S/C9H8Cl2F3NO2S/c10-2-1-3-18(16,17)8-7(11)4-6(5-15-8)9(12,13)14/h4-5H,1-3H2. The normalized spacial score (nSPS) is 12.7. The first-order valence-electron chi connectivity index (χ1n) is 4.70. The zero-order valence-electron chi connectivity index (χ0n) is 8.84. The van der Waals surface area contributed by atoms with Crippen molar-refractivity contribution in [3.63, 3.8) is 0 Å². The number of aromatic nitrogens is 1. The Bertz CT molecular complexity index is 531. The van der Waals surface area contributed by atoms with Gasteiger partial charge in [0.05, 0.1) is 16.3 Å². The molecule has 1 aromatic rings. The van der Waals surface area contributed by atoms with Crippen molar-refractivity contribution < 1.29 is 21.6 Å². The number of nitrogens with zero attached hydrogens (tertiary/aromatic N) is 1. The van der Waals surface area contributed by atoms with Gasteiger partial charge in [0, 0.05) is 12.1 Å². The van der Waals surface area contributed by atoms with E-state index in [1.54, 1.807) is 0 Å². The van der Waals surface area contributed by atoms with E-state index in [0.717, 1.165) is 0 Å². The first-order valence-corrected chi connectivity index (χ1v) is 7.26. The summed E-state index contributed by atoms with van der Waals surface area (Å²) in [6, 6.07) is 0.544. The van der Waals surface area contributed by atoms with Gasteiger partial charge in [-0.25, -0.2) is 13.4 Å². The number of hydrogen-bond donors (Lipinski definition) is 0. The van der Waals surface area contributed by atoms with Crippen LogP contribution in [0.25, 0.3) is 0 Å². The second kappa shape index (κ2) is 5.63. The Kier molecular flexibility index (Phi) is 4.85. The molecule has 0 fully saturated rings. The Labute approximate surface area is 112 Å². The molecule has 0 N–H and O–H groups in total. The van der Waals surface area contributed by atoms with E-state index in [0.29, 0.717) is 12.3 Å². The van der Waals surface area contributed by atoms with Crippen LogP contribution in [0.5, 0.6) is 0 Å². The summed E-state index contributed by atoms with van der Waals surface area (Å²) in [6.45, 7) is 0. The predicted molar refractivity (Wildman–Crippen MR) is 61.6 cm³/mol. The number of rotatable bonds is 4. The van der Waals surface area contributed by atoms with Gasteiger partial charge in [0.2, 0.25) is 0 Å². The predicted octanol–water partition coefficient (Wildman–Crippen LogP) is 3.16. The Balaban J connectivity index is 3.14. The van der Waals surface area contributed by atoms with Crippen molar-refractivity contribution in [1.29, 1.82) is 0 Å². The summed E-state index contributed by atoms with van der Waals surface area (Å²) in [5.74, 6) is -0.188. The summed E-state index contributed by atoms with van der Waals surface area (Å²) < 4.78 is 60.4. The van der Waals surface area contributed by atoms with E-state index < -0.39 is 31.6 Å². The van der Waals surface area contributed by atoms with Crippen LogP contribution in [-0.2, 0) is 16.0 Å². The lowest BCUT2D eigenvalue weighted by Gasteiger charge is -2.09. The number of sulfone groups is 1. The van der Waals surface area contributed by atoms with Crippen molar-refractivity contribution >= 4 is 33.0 Å². The molecule has 3 nitrogen and oxygen atoms in total. The fraction of sp³-hybridized carbons (Fsp3) is 0.444. The van der Waals surface area contributed by atoms with Crippen molar-refractivity contribution in [2.24, 2.45) is 0 Å². The molecule has 0 unspecified atom stereocenters. The van der Waals surface area contributed by atoms with Gasteiger partial charge in [-0.3, -0.25) is 0 Å². The summed E-state index contributed by atoms with van der Waals surface area (Å²) >= 11 is 10.9. The molecule has 0 aliphatic rings. The molecule has 0 aliphatic carbocycles. The van der Waals surface area contributed by atoms with Crippen molar-refractivity contribution in [1.82, 2.24) is 4.98 Å². The van der Waals surface area contributed by atoms with Crippen molar-refractivity contribution in [3.8, 4) is 0 Å². The molecule has 102 valence electrons. The van der Waals surface area contributed by atoms with Crippen LogP contribution < -0.4 is 0 Å². The van der Waals surface area contributed by atoms with E-state index >= 15 is 0 Å². The highest BCUT2D eigenvalue weighted by molar-refractivity contribution is 7.91. The summed E-state index contributed by atoms with van der Waals surface area (Å²) in [6.07, 6.45) is -4.00. The Morgan fingerprint density at radius 3 is 2.39 bits per heavy atom. The summed E-state index contributed by atoms with van der Waals surface area (Å²) in [5.41, 5.74) is -1.09. The molecule has 0 spiro atoms. The van der Waals surface area contributed by atoms with E-state index in [-0.39, 0.29) is 18.1 Å². The molecule has 1 aromatic heterocycles. The van der Waals surface area contributed by atoms with Crippen LogP contribution in [0.1, 0.15) is 12.0 Å². The fourth-order valence-corrected chi connectivity index (χ4v) is 3.25. The quantitative estimate of drug-likeness (QED) is 0.800. The van der Waals surface area contributed by atoms with E-state index in [1.165, 1.54) is 0 Å². The van der Waals surface area contributed by atoms with Gasteiger partial charge in [-0.2, -0.15) is 13.2 Å². The molecule has 0 atom stereocenters. The second-order valence-corrected chi connectivity index (χ2v) is 6.18. The lowest BCUT2D eigenvalue weighted by Crippen LogP contribution is -2.12. The van der Waals surface area contributed by atoms with Gasteiger partial charge >= 0.3 is 6.18 Å². The molecule has 0 aromatic carbocycles. The molecule has 0 bridgehead atoms. The molecule has 9 heteroatoms. The molecule has 18 heavy (non-hydrogen) atoms. The average Bonchev–Trinajstić information content (AvgIpc) is 2.24. The summed E-state index contributed by atoms with van der Waals surface area (Å²) in [4.78, 5) is 3.29. The van der Waals surface area contributed by atoms with Gasteiger partial charge in [-0.15, -0.1) is 11.6 Å². The minimum Gasteiger partial charge on any atom is -0.243 e. The third-order valence-electron chi connectivity index (χ3n) is 1.98. The van der Waals surface area contributed by atoms with Crippen molar-refractivity contribution in [2.75, 3.05) is 11.6 Å². The third kappa shape index (κ3) is 3.73. The average molecular weight is 322 g/mol. The molecule has 0 radical (unpaired) electrons. The van der Waals surface area contributed by atoms with Crippen molar-refractivity contribution in [2.45, 2.75) is 17.6 Å². The third-order valence-corrected chi connectivity index (χ3v) is 4.38. The minimum atomic E-state index is -4.62. The Hall–Kier alpha value is -0.530. The Morgan fingerprint density at radius 1 is 1.33 bits per heavy atom. The van der Waals surface area contributed by atoms with E-state index in [9.17, 15) is 21.6 Å². The monoisotopic (exact) mass is 321 g/mol. The van der Waals surface area contributed by atoms with Gasteiger partial charge in [0.1, 0.15) is 0 Å². The van der Waals surface area contributed by atoms with Gasteiger partial charge < -0.3 is 0 Å². The number of halogens is 5. The minimum absolute atomic E-state index is 0.123. The van der Waals surface area contributed by atoms with Gasteiger partial charge in [-0.05, 0) is 12.5 Å². The van der Waals surface area contributed by atoms with Crippen LogP contribution >= 0.6 is 23.2 Å². The van der Waals surface area contributed by atoms with Gasteiger partial charge in [-0.1, -0.05) is 11.6 Å². The lowest BCUT2D eigenvalue weighted by molar-refractivity contribution is -0.137.